The van der Waals surface area contributed by atoms with Gasteiger partial charge in [-0.3, -0.25) is 37.3 Å². The van der Waals surface area contributed by atoms with Crippen molar-refractivity contribution in [2.75, 3.05) is 39.6 Å². The molecule has 0 heterocycles. The molecule has 69 heavy (non-hydrogen) atoms. The highest BCUT2D eigenvalue weighted by molar-refractivity contribution is 7.47. The van der Waals surface area contributed by atoms with E-state index in [-0.39, 0.29) is 25.7 Å². The summed E-state index contributed by atoms with van der Waals surface area (Å²) in [5.74, 6) is -2.17. The standard InChI is InChI=1S/C50H96O17P2/c1-5-9-13-17-21-25-29-33-37-50(55)67-46(41-61-48(53)35-31-27-23-19-15-11-7-3)43-65-69(58,59)63-39-44(51)38-62-68(56,57)64-42-45(66-49(54)36-32-28-24-20-16-12-8-4)40-60-47(52)34-30-26-22-18-14-10-6-2/h44-46,51H,5-43H2,1-4H3,(H,56,57)(H,58,59)/t44-,45+,46+/m0/s1. The van der Waals surface area contributed by atoms with Gasteiger partial charge in [0.15, 0.2) is 12.2 Å². The monoisotopic (exact) mass is 1030 g/mol. The second-order valence-corrected chi connectivity index (χ2v) is 21.1. The molecule has 0 rings (SSSR count). The maximum atomic E-state index is 12.8. The van der Waals surface area contributed by atoms with Gasteiger partial charge in [0.2, 0.25) is 0 Å². The quantitative estimate of drug-likeness (QED) is 0.0222. The topological polar surface area (TPSA) is 237 Å². The summed E-state index contributed by atoms with van der Waals surface area (Å²) in [6.45, 7) is 4.63. The van der Waals surface area contributed by atoms with Crippen LogP contribution in [0.4, 0.5) is 0 Å². The van der Waals surface area contributed by atoms with E-state index >= 15 is 0 Å². The van der Waals surface area contributed by atoms with Gasteiger partial charge in [-0.15, -0.1) is 0 Å². The van der Waals surface area contributed by atoms with Gasteiger partial charge in [-0.1, -0.05) is 188 Å². The van der Waals surface area contributed by atoms with Crippen molar-refractivity contribution in [3.63, 3.8) is 0 Å². The van der Waals surface area contributed by atoms with E-state index in [1.165, 1.54) is 25.7 Å². The second kappa shape index (κ2) is 45.9. The first-order chi connectivity index (χ1) is 33.2. The molecule has 0 saturated carbocycles. The van der Waals surface area contributed by atoms with Gasteiger partial charge >= 0.3 is 39.5 Å². The average molecular weight is 1030 g/mol. The highest BCUT2D eigenvalue weighted by atomic mass is 31.2. The summed E-state index contributed by atoms with van der Waals surface area (Å²) in [6, 6.07) is 0. The third kappa shape index (κ3) is 45.7. The van der Waals surface area contributed by atoms with E-state index in [1.54, 1.807) is 0 Å². The van der Waals surface area contributed by atoms with Gasteiger partial charge in [0.25, 0.3) is 0 Å². The summed E-state index contributed by atoms with van der Waals surface area (Å²) in [5, 5.41) is 10.4. The minimum atomic E-state index is -4.92. The van der Waals surface area contributed by atoms with Crippen molar-refractivity contribution in [1.29, 1.82) is 0 Å². The number of rotatable bonds is 51. The van der Waals surface area contributed by atoms with Crippen LogP contribution >= 0.6 is 15.6 Å². The Morgan fingerprint density at radius 2 is 0.580 bits per heavy atom. The molecule has 0 amide bonds. The van der Waals surface area contributed by atoms with Gasteiger partial charge in [-0.25, -0.2) is 9.13 Å². The van der Waals surface area contributed by atoms with Crippen LogP contribution in [0.3, 0.4) is 0 Å². The molecule has 5 atom stereocenters. The van der Waals surface area contributed by atoms with Crippen molar-refractivity contribution in [3.8, 4) is 0 Å². The van der Waals surface area contributed by atoms with Crippen LogP contribution in [-0.2, 0) is 65.4 Å². The molecule has 3 N–H and O–H groups in total. The number of carbonyl (C=O) groups is 4. The zero-order valence-electron chi connectivity index (χ0n) is 43.3. The van der Waals surface area contributed by atoms with Crippen LogP contribution in [0, 0.1) is 0 Å². The van der Waals surface area contributed by atoms with Crippen molar-refractivity contribution in [3.05, 3.63) is 0 Å². The smallest absolute Gasteiger partial charge is 0.462 e. The molecule has 0 aliphatic rings. The van der Waals surface area contributed by atoms with Gasteiger partial charge < -0.3 is 33.8 Å². The molecular formula is C50H96O17P2. The minimum Gasteiger partial charge on any atom is -0.462 e. The molecule has 0 radical (unpaired) electrons. The molecule has 0 saturated heterocycles. The molecule has 408 valence electrons. The molecule has 0 aliphatic carbocycles. The lowest BCUT2D eigenvalue weighted by atomic mass is 10.1. The Morgan fingerprint density at radius 3 is 0.855 bits per heavy atom. The van der Waals surface area contributed by atoms with E-state index in [9.17, 15) is 43.2 Å². The number of phosphoric ester groups is 2. The normalized spacial score (nSPS) is 14.6. The molecule has 2 unspecified atom stereocenters. The van der Waals surface area contributed by atoms with E-state index in [1.807, 2.05) is 0 Å². The second-order valence-electron chi connectivity index (χ2n) is 18.2. The maximum absolute atomic E-state index is 12.8. The Hall–Kier alpha value is -1.94. The number of unbranched alkanes of at least 4 members (excludes halogenated alkanes) is 25. The van der Waals surface area contributed by atoms with E-state index in [0.717, 1.165) is 135 Å². The Kier molecular flexibility index (Phi) is 44.6. The summed E-state index contributed by atoms with van der Waals surface area (Å²) < 4.78 is 67.0. The predicted molar refractivity (Wildman–Crippen MR) is 266 cm³/mol. The Bertz CT molecular complexity index is 1370. The van der Waals surface area contributed by atoms with Crippen molar-refractivity contribution in [2.24, 2.45) is 0 Å². The summed E-state index contributed by atoms with van der Waals surface area (Å²) in [7, 11) is -9.84. The van der Waals surface area contributed by atoms with Crippen molar-refractivity contribution >= 4 is 39.5 Å². The Morgan fingerprint density at radius 1 is 0.348 bits per heavy atom. The number of carbonyl (C=O) groups excluding carboxylic acids is 4. The molecule has 0 aromatic carbocycles. The highest BCUT2D eigenvalue weighted by Crippen LogP contribution is 2.45. The van der Waals surface area contributed by atoms with Gasteiger partial charge in [-0.05, 0) is 25.7 Å². The average Bonchev–Trinajstić information content (AvgIpc) is 3.32. The fourth-order valence-electron chi connectivity index (χ4n) is 7.16. The Balaban J connectivity index is 5.17. The predicted octanol–water partition coefficient (Wildman–Crippen LogP) is 12.5. The maximum Gasteiger partial charge on any atom is 0.472 e. The lowest BCUT2D eigenvalue weighted by Crippen LogP contribution is -2.30. The number of hydrogen-bond donors (Lipinski definition) is 3. The van der Waals surface area contributed by atoms with Crippen LogP contribution in [0.15, 0.2) is 0 Å². The number of aliphatic hydroxyl groups is 1. The summed E-state index contributed by atoms with van der Waals surface area (Å²) in [6.07, 6.45) is 25.7. The first-order valence-electron chi connectivity index (χ1n) is 26.8. The molecule has 19 heteroatoms. The van der Waals surface area contributed by atoms with Crippen LogP contribution < -0.4 is 0 Å². The number of esters is 4. The fraction of sp³-hybridized carbons (Fsp3) is 0.920. The third-order valence-electron chi connectivity index (χ3n) is 11.4. The lowest BCUT2D eigenvalue weighted by molar-refractivity contribution is -0.161. The molecule has 0 aromatic rings. The Labute approximate surface area is 416 Å². The molecular weight excluding hydrogens is 934 g/mol. The largest absolute Gasteiger partial charge is 0.472 e. The highest BCUT2D eigenvalue weighted by Gasteiger charge is 2.30. The summed E-state index contributed by atoms with van der Waals surface area (Å²) in [5.41, 5.74) is 0. The van der Waals surface area contributed by atoms with E-state index in [4.69, 9.17) is 37.0 Å². The summed E-state index contributed by atoms with van der Waals surface area (Å²) in [4.78, 5) is 71.1. The van der Waals surface area contributed by atoms with Crippen LogP contribution in [0.1, 0.15) is 240 Å². The zero-order chi connectivity index (χ0) is 51.3. The van der Waals surface area contributed by atoms with Crippen molar-refractivity contribution in [2.45, 2.75) is 258 Å². The zero-order valence-corrected chi connectivity index (χ0v) is 45.0. The molecule has 0 aliphatic heterocycles. The van der Waals surface area contributed by atoms with E-state index < -0.39 is 97.5 Å². The van der Waals surface area contributed by atoms with Gasteiger partial charge in [0, 0.05) is 25.7 Å². The van der Waals surface area contributed by atoms with Crippen LogP contribution in [0.2, 0.25) is 0 Å². The molecule has 17 nitrogen and oxygen atoms in total. The number of ether oxygens (including phenoxy) is 4. The third-order valence-corrected chi connectivity index (χ3v) is 13.3. The number of hydrogen-bond acceptors (Lipinski definition) is 15. The first-order valence-corrected chi connectivity index (χ1v) is 29.8. The van der Waals surface area contributed by atoms with Gasteiger partial charge in [0.05, 0.1) is 26.4 Å². The van der Waals surface area contributed by atoms with E-state index in [2.05, 4.69) is 27.7 Å². The fourth-order valence-corrected chi connectivity index (χ4v) is 8.74. The van der Waals surface area contributed by atoms with E-state index in [0.29, 0.717) is 25.7 Å². The van der Waals surface area contributed by atoms with Crippen molar-refractivity contribution in [1.82, 2.24) is 0 Å². The first kappa shape index (κ1) is 67.1. The van der Waals surface area contributed by atoms with Crippen molar-refractivity contribution < 1.29 is 80.2 Å². The molecule has 0 fully saturated rings. The SMILES string of the molecule is CCCCCCCCCCC(=O)O[C@H](COC(=O)CCCCCCCCC)COP(=O)(O)OC[C@@H](O)COP(=O)(O)OC[C@@H](COC(=O)CCCCCCCCC)OC(=O)CCCCCCCCC. The number of aliphatic hydroxyl groups excluding tert-OH is 1. The number of phosphoric acid groups is 2. The molecule has 0 aromatic heterocycles. The van der Waals surface area contributed by atoms with Gasteiger partial charge in [0.1, 0.15) is 19.3 Å². The lowest BCUT2D eigenvalue weighted by Gasteiger charge is -2.21. The summed E-state index contributed by atoms with van der Waals surface area (Å²) >= 11 is 0. The minimum absolute atomic E-state index is 0.103. The van der Waals surface area contributed by atoms with Gasteiger partial charge in [-0.2, -0.15) is 0 Å². The molecule has 0 spiro atoms. The molecule has 0 bridgehead atoms. The van der Waals surface area contributed by atoms with Crippen LogP contribution in [-0.4, -0.2) is 96.7 Å². The van der Waals surface area contributed by atoms with Crippen LogP contribution in [0.5, 0.6) is 0 Å². The van der Waals surface area contributed by atoms with Crippen LogP contribution in [0.25, 0.3) is 0 Å².